The monoisotopic (exact) mass is 306 g/mol. The van der Waals surface area contributed by atoms with E-state index in [9.17, 15) is 0 Å². The lowest BCUT2D eigenvalue weighted by Crippen LogP contribution is -2.18. The third-order valence-electron chi connectivity index (χ3n) is 2.61. The predicted octanol–water partition coefficient (Wildman–Crippen LogP) is 2.33. The fourth-order valence-electron chi connectivity index (χ4n) is 1.66. The highest BCUT2D eigenvalue weighted by molar-refractivity contribution is 9.10. The molecule has 5 heteroatoms. The number of nitrogens with two attached hydrogens (primary N) is 1. The molecule has 4 nitrogen and oxygen atoms in total. The Bertz CT molecular complexity index is 513. The van der Waals surface area contributed by atoms with Crippen molar-refractivity contribution in [1.29, 1.82) is 0 Å². The zero-order valence-electron chi connectivity index (χ0n) is 10.2. The van der Waals surface area contributed by atoms with Gasteiger partial charge in [0.15, 0.2) is 5.82 Å². The van der Waals surface area contributed by atoms with Gasteiger partial charge in [0.2, 0.25) is 0 Å². The molecule has 1 heterocycles. The largest absolute Gasteiger partial charge is 0.354 e. The molecular formula is C13H15BrN4. The summed E-state index contributed by atoms with van der Waals surface area (Å²) >= 11 is 3.47. The van der Waals surface area contributed by atoms with E-state index in [4.69, 9.17) is 5.73 Å². The van der Waals surface area contributed by atoms with Crippen molar-refractivity contribution in [3.8, 4) is 0 Å². The van der Waals surface area contributed by atoms with Gasteiger partial charge in [0.25, 0.3) is 0 Å². The van der Waals surface area contributed by atoms with Crippen LogP contribution in [-0.2, 0) is 13.1 Å². The van der Waals surface area contributed by atoms with E-state index >= 15 is 0 Å². The zero-order valence-corrected chi connectivity index (χ0v) is 11.8. The molecule has 0 saturated carbocycles. The summed E-state index contributed by atoms with van der Waals surface area (Å²) in [6, 6.07) is 12.1. The van der Waals surface area contributed by atoms with Gasteiger partial charge in [0.1, 0.15) is 0 Å². The average molecular weight is 307 g/mol. The standard InChI is InChI=1S/C13H15BrN4/c1-18(9-10-3-2-4-11(14)7-10)13-6-5-12(8-15)16-17-13/h2-7H,8-9,15H2,1H3. The van der Waals surface area contributed by atoms with Gasteiger partial charge in [-0.3, -0.25) is 0 Å². The number of aromatic nitrogens is 2. The van der Waals surface area contributed by atoms with Crippen LogP contribution in [0.2, 0.25) is 0 Å². The maximum atomic E-state index is 5.49. The Hall–Kier alpha value is -1.46. The lowest BCUT2D eigenvalue weighted by Gasteiger charge is -2.17. The topological polar surface area (TPSA) is 55.0 Å². The van der Waals surface area contributed by atoms with Gasteiger partial charge in [0.05, 0.1) is 5.69 Å². The molecule has 94 valence electrons. The quantitative estimate of drug-likeness (QED) is 0.942. The van der Waals surface area contributed by atoms with E-state index in [1.807, 2.05) is 31.3 Å². The lowest BCUT2D eigenvalue weighted by atomic mass is 10.2. The van der Waals surface area contributed by atoms with Crippen LogP contribution in [0.1, 0.15) is 11.3 Å². The number of nitrogens with zero attached hydrogens (tertiary/aromatic N) is 3. The summed E-state index contributed by atoms with van der Waals surface area (Å²) in [7, 11) is 1.99. The van der Waals surface area contributed by atoms with Crippen molar-refractivity contribution in [3.05, 3.63) is 52.1 Å². The first-order valence-corrected chi connectivity index (χ1v) is 6.46. The number of hydrogen-bond acceptors (Lipinski definition) is 4. The van der Waals surface area contributed by atoms with Crippen LogP contribution in [0.3, 0.4) is 0 Å². The molecule has 18 heavy (non-hydrogen) atoms. The summed E-state index contributed by atoms with van der Waals surface area (Å²) in [6.45, 7) is 1.21. The number of halogens is 1. The Balaban J connectivity index is 2.09. The third kappa shape index (κ3) is 3.27. The van der Waals surface area contributed by atoms with Gasteiger partial charge in [-0.1, -0.05) is 28.1 Å². The van der Waals surface area contributed by atoms with Crippen LogP contribution in [0.4, 0.5) is 5.82 Å². The van der Waals surface area contributed by atoms with E-state index in [-0.39, 0.29) is 0 Å². The number of anilines is 1. The van der Waals surface area contributed by atoms with Gasteiger partial charge in [-0.2, -0.15) is 5.10 Å². The fourth-order valence-corrected chi connectivity index (χ4v) is 2.10. The van der Waals surface area contributed by atoms with Gasteiger partial charge < -0.3 is 10.6 Å². The summed E-state index contributed by atoms with van der Waals surface area (Å²) < 4.78 is 1.08. The van der Waals surface area contributed by atoms with E-state index in [1.54, 1.807) is 0 Å². The summed E-state index contributed by atoms with van der Waals surface area (Å²) in [6.07, 6.45) is 0. The minimum Gasteiger partial charge on any atom is -0.354 e. The van der Waals surface area contributed by atoms with Gasteiger partial charge in [-0.05, 0) is 29.8 Å². The maximum absolute atomic E-state index is 5.49. The second kappa shape index (κ2) is 5.93. The first-order chi connectivity index (χ1) is 8.69. The molecule has 0 saturated heterocycles. The van der Waals surface area contributed by atoms with Crippen LogP contribution >= 0.6 is 15.9 Å². The highest BCUT2D eigenvalue weighted by atomic mass is 79.9. The second-order valence-electron chi connectivity index (χ2n) is 4.07. The van der Waals surface area contributed by atoms with Crippen molar-refractivity contribution >= 4 is 21.7 Å². The van der Waals surface area contributed by atoms with E-state index < -0.39 is 0 Å². The molecule has 1 aromatic carbocycles. The van der Waals surface area contributed by atoms with Gasteiger partial charge in [-0.25, -0.2) is 0 Å². The summed E-state index contributed by atoms with van der Waals surface area (Å²) in [5.74, 6) is 0.840. The average Bonchev–Trinajstić information content (AvgIpc) is 2.39. The Morgan fingerprint density at radius 3 is 2.67 bits per heavy atom. The molecule has 0 spiro atoms. The molecule has 0 unspecified atom stereocenters. The molecule has 0 aliphatic rings. The van der Waals surface area contributed by atoms with Crippen molar-refractivity contribution in [2.45, 2.75) is 13.1 Å². The van der Waals surface area contributed by atoms with Crippen LogP contribution in [0, 0.1) is 0 Å². The van der Waals surface area contributed by atoms with Crippen LogP contribution in [0.25, 0.3) is 0 Å². The van der Waals surface area contributed by atoms with Crippen LogP contribution < -0.4 is 10.6 Å². The molecule has 1 aromatic heterocycles. The Morgan fingerprint density at radius 1 is 1.22 bits per heavy atom. The highest BCUT2D eigenvalue weighted by Crippen LogP contribution is 2.15. The molecule has 0 aliphatic carbocycles. The lowest BCUT2D eigenvalue weighted by molar-refractivity contribution is 0.836. The second-order valence-corrected chi connectivity index (χ2v) is 4.99. The van der Waals surface area contributed by atoms with Crippen molar-refractivity contribution in [2.24, 2.45) is 5.73 Å². The van der Waals surface area contributed by atoms with Crippen molar-refractivity contribution in [2.75, 3.05) is 11.9 Å². The Kier molecular flexibility index (Phi) is 4.28. The van der Waals surface area contributed by atoms with Crippen molar-refractivity contribution < 1.29 is 0 Å². The molecule has 2 N–H and O–H groups in total. The van der Waals surface area contributed by atoms with Crippen LogP contribution in [0.15, 0.2) is 40.9 Å². The zero-order chi connectivity index (χ0) is 13.0. The molecule has 0 bridgehead atoms. The maximum Gasteiger partial charge on any atom is 0.151 e. The molecule has 0 fully saturated rings. The van der Waals surface area contributed by atoms with E-state index in [0.717, 1.165) is 22.5 Å². The van der Waals surface area contributed by atoms with Crippen molar-refractivity contribution in [3.63, 3.8) is 0 Å². The highest BCUT2D eigenvalue weighted by Gasteiger charge is 2.04. The van der Waals surface area contributed by atoms with E-state index in [2.05, 4.69) is 43.2 Å². The minimum absolute atomic E-state index is 0.419. The molecule has 2 aromatic rings. The van der Waals surface area contributed by atoms with E-state index in [0.29, 0.717) is 6.54 Å². The summed E-state index contributed by atoms with van der Waals surface area (Å²) in [4.78, 5) is 2.05. The molecule has 2 rings (SSSR count). The third-order valence-corrected chi connectivity index (χ3v) is 3.11. The molecule has 0 amide bonds. The van der Waals surface area contributed by atoms with Crippen LogP contribution in [0.5, 0.6) is 0 Å². The van der Waals surface area contributed by atoms with Gasteiger partial charge in [-0.15, -0.1) is 5.10 Å². The molecule has 0 radical (unpaired) electrons. The summed E-state index contributed by atoms with van der Waals surface area (Å²) in [5.41, 5.74) is 7.51. The molecular weight excluding hydrogens is 292 g/mol. The first kappa shape index (κ1) is 13.0. The summed E-state index contributed by atoms with van der Waals surface area (Å²) in [5, 5.41) is 8.20. The normalized spacial score (nSPS) is 10.4. The van der Waals surface area contributed by atoms with Crippen molar-refractivity contribution in [1.82, 2.24) is 10.2 Å². The predicted molar refractivity (Wildman–Crippen MR) is 76.2 cm³/mol. The number of benzene rings is 1. The van der Waals surface area contributed by atoms with Gasteiger partial charge >= 0.3 is 0 Å². The molecule has 0 atom stereocenters. The smallest absolute Gasteiger partial charge is 0.151 e. The number of hydrogen-bond donors (Lipinski definition) is 1. The molecule has 0 aliphatic heterocycles. The minimum atomic E-state index is 0.419. The first-order valence-electron chi connectivity index (χ1n) is 5.67. The van der Waals surface area contributed by atoms with Crippen LogP contribution in [-0.4, -0.2) is 17.2 Å². The Labute approximate surface area is 115 Å². The number of rotatable bonds is 4. The fraction of sp³-hybridized carbons (Fsp3) is 0.231. The SMILES string of the molecule is CN(Cc1cccc(Br)c1)c1ccc(CN)nn1. The van der Waals surface area contributed by atoms with Gasteiger partial charge in [0, 0.05) is 24.6 Å². The van der Waals surface area contributed by atoms with E-state index in [1.165, 1.54) is 5.56 Å². The Morgan fingerprint density at radius 2 is 2.06 bits per heavy atom.